The maximum Gasteiger partial charge on any atom is 0.191 e. The summed E-state index contributed by atoms with van der Waals surface area (Å²) in [7, 11) is 0. The number of carbonyl (C=O) groups is 1. The molecule has 9 heavy (non-hydrogen) atoms. The predicted molar refractivity (Wildman–Crippen MR) is 33.0 cm³/mol. The molecule has 0 bridgehead atoms. The molecule has 1 unspecified atom stereocenters. The lowest BCUT2D eigenvalue weighted by Crippen LogP contribution is -2.38. The van der Waals surface area contributed by atoms with Crippen molar-refractivity contribution in [1.82, 2.24) is 0 Å². The molecule has 3 nitrogen and oxygen atoms in total. The second kappa shape index (κ2) is 2.45. The van der Waals surface area contributed by atoms with E-state index >= 15 is 0 Å². The highest BCUT2D eigenvalue weighted by Gasteiger charge is 2.26. The monoisotopic (exact) mass is 132 g/mol. The van der Waals surface area contributed by atoms with Gasteiger partial charge in [-0.1, -0.05) is 0 Å². The Morgan fingerprint density at radius 1 is 1.56 bits per heavy atom. The molecule has 0 aromatic heterocycles. The van der Waals surface area contributed by atoms with Crippen molar-refractivity contribution in [2.24, 2.45) is 0 Å². The van der Waals surface area contributed by atoms with Crippen molar-refractivity contribution in [2.45, 2.75) is 32.5 Å². The Kier molecular flexibility index (Phi) is 2.34. The molecule has 0 radical (unpaired) electrons. The number of hydrogen-bond acceptors (Lipinski definition) is 3. The van der Waals surface area contributed by atoms with Gasteiger partial charge in [0.25, 0.3) is 0 Å². The van der Waals surface area contributed by atoms with Crippen molar-refractivity contribution in [1.29, 1.82) is 0 Å². The van der Waals surface area contributed by atoms with Crippen LogP contribution in [-0.2, 0) is 4.79 Å². The Hall–Kier alpha value is -0.410. The van der Waals surface area contributed by atoms with Crippen molar-refractivity contribution in [2.75, 3.05) is 0 Å². The Balaban J connectivity index is 4.06. The molecule has 1 atom stereocenters. The molecule has 0 aliphatic heterocycles. The number of aliphatic hydroxyl groups is 2. The number of hydrogen-bond donors (Lipinski definition) is 2. The summed E-state index contributed by atoms with van der Waals surface area (Å²) in [5.74, 6) is -0.553. The summed E-state index contributed by atoms with van der Waals surface area (Å²) in [6.07, 6.45) is -1.08. The van der Waals surface area contributed by atoms with Crippen LogP contribution in [0.1, 0.15) is 20.8 Å². The lowest BCUT2D eigenvalue weighted by atomic mass is 10.0. The minimum absolute atomic E-state index is 0.553. The van der Waals surface area contributed by atoms with Crippen molar-refractivity contribution < 1.29 is 15.0 Å². The third-order valence-electron chi connectivity index (χ3n) is 0.982. The Bertz CT molecular complexity index is 110. The summed E-state index contributed by atoms with van der Waals surface area (Å²) in [6.45, 7) is 4.03. The fourth-order valence-corrected chi connectivity index (χ4v) is 0.511. The van der Waals surface area contributed by atoms with Crippen LogP contribution in [0, 0.1) is 0 Å². The summed E-state index contributed by atoms with van der Waals surface area (Å²) in [6, 6.07) is 0. The van der Waals surface area contributed by atoms with E-state index in [1.807, 2.05) is 0 Å². The minimum atomic E-state index is -1.41. The molecule has 0 rings (SSSR count). The van der Waals surface area contributed by atoms with Crippen LogP contribution < -0.4 is 0 Å². The summed E-state index contributed by atoms with van der Waals surface area (Å²) < 4.78 is 0. The van der Waals surface area contributed by atoms with E-state index in [2.05, 4.69) is 0 Å². The van der Waals surface area contributed by atoms with E-state index in [0.29, 0.717) is 0 Å². The Morgan fingerprint density at radius 2 is 1.89 bits per heavy atom. The molecule has 0 aliphatic carbocycles. The van der Waals surface area contributed by atoms with Gasteiger partial charge in [-0.15, -0.1) is 0 Å². The van der Waals surface area contributed by atoms with Gasteiger partial charge in [0, 0.05) is 0 Å². The molecule has 0 spiro atoms. The first-order valence-electron chi connectivity index (χ1n) is 2.80. The van der Waals surface area contributed by atoms with Crippen molar-refractivity contribution >= 4 is 5.78 Å². The Labute approximate surface area is 54.3 Å². The predicted octanol–water partition coefficient (Wildman–Crippen LogP) is -0.293. The van der Waals surface area contributed by atoms with Crippen LogP contribution in [0.3, 0.4) is 0 Å². The first kappa shape index (κ1) is 8.59. The number of aliphatic hydroxyl groups excluding tert-OH is 1. The molecule has 54 valence electrons. The normalized spacial score (nSPS) is 15.2. The zero-order valence-electron chi connectivity index (χ0n) is 5.88. The van der Waals surface area contributed by atoms with Gasteiger partial charge in [0.15, 0.2) is 5.78 Å². The lowest BCUT2D eigenvalue weighted by Gasteiger charge is -2.16. The minimum Gasteiger partial charge on any atom is -0.385 e. The van der Waals surface area contributed by atoms with Crippen LogP contribution in [0.15, 0.2) is 0 Å². The third kappa shape index (κ3) is 2.58. The quantitative estimate of drug-likeness (QED) is 0.542. The van der Waals surface area contributed by atoms with E-state index in [0.717, 1.165) is 0 Å². The van der Waals surface area contributed by atoms with Crippen LogP contribution in [-0.4, -0.2) is 27.7 Å². The first-order valence-corrected chi connectivity index (χ1v) is 2.80. The topological polar surface area (TPSA) is 57.5 Å². The summed E-state index contributed by atoms with van der Waals surface area (Å²) in [4.78, 5) is 10.7. The van der Waals surface area contributed by atoms with Crippen molar-refractivity contribution in [3.8, 4) is 0 Å². The second-order valence-electron chi connectivity index (χ2n) is 2.60. The number of rotatable bonds is 2. The highest BCUT2D eigenvalue weighted by Crippen LogP contribution is 2.04. The standard InChI is InChI=1S/C6H12O3/c1-4(7)5(8)6(2,3)9/h4,7,9H,1-3H3. The van der Waals surface area contributed by atoms with Crippen LogP contribution in [0.5, 0.6) is 0 Å². The fraction of sp³-hybridized carbons (Fsp3) is 0.833. The van der Waals surface area contributed by atoms with Gasteiger partial charge in [-0.3, -0.25) is 4.79 Å². The van der Waals surface area contributed by atoms with E-state index in [-0.39, 0.29) is 0 Å². The second-order valence-corrected chi connectivity index (χ2v) is 2.60. The molecule has 0 aromatic rings. The van der Waals surface area contributed by atoms with E-state index in [4.69, 9.17) is 10.2 Å². The summed E-state index contributed by atoms with van der Waals surface area (Å²) in [5, 5.41) is 17.6. The van der Waals surface area contributed by atoms with Gasteiger partial charge in [-0.25, -0.2) is 0 Å². The van der Waals surface area contributed by atoms with Gasteiger partial charge in [-0.2, -0.15) is 0 Å². The molecular formula is C6H12O3. The summed E-state index contributed by atoms with van der Waals surface area (Å²) >= 11 is 0. The highest BCUT2D eigenvalue weighted by molar-refractivity contribution is 5.89. The van der Waals surface area contributed by atoms with Gasteiger partial charge in [0.2, 0.25) is 0 Å². The van der Waals surface area contributed by atoms with Crippen LogP contribution in [0.2, 0.25) is 0 Å². The maximum atomic E-state index is 10.7. The van der Waals surface area contributed by atoms with Crippen LogP contribution >= 0.6 is 0 Å². The van der Waals surface area contributed by atoms with E-state index in [1.54, 1.807) is 0 Å². The molecular weight excluding hydrogens is 120 g/mol. The molecule has 0 aromatic carbocycles. The molecule has 2 N–H and O–H groups in total. The molecule has 0 aliphatic rings. The van der Waals surface area contributed by atoms with E-state index in [9.17, 15) is 4.79 Å². The lowest BCUT2D eigenvalue weighted by molar-refractivity contribution is -0.141. The molecule has 0 fully saturated rings. The average molecular weight is 132 g/mol. The van der Waals surface area contributed by atoms with Gasteiger partial charge >= 0.3 is 0 Å². The summed E-state index contributed by atoms with van der Waals surface area (Å²) in [5.41, 5.74) is -1.41. The molecule has 0 amide bonds. The third-order valence-corrected chi connectivity index (χ3v) is 0.982. The number of ketones is 1. The number of carbonyl (C=O) groups excluding carboxylic acids is 1. The van der Waals surface area contributed by atoms with Crippen molar-refractivity contribution in [3.05, 3.63) is 0 Å². The SMILES string of the molecule is CC(O)C(=O)C(C)(C)O. The molecule has 0 saturated carbocycles. The molecule has 0 saturated heterocycles. The Morgan fingerprint density at radius 3 is 1.89 bits per heavy atom. The largest absolute Gasteiger partial charge is 0.385 e. The van der Waals surface area contributed by atoms with Gasteiger partial charge in [0.05, 0.1) is 0 Å². The first-order chi connectivity index (χ1) is 3.85. The maximum absolute atomic E-state index is 10.7. The van der Waals surface area contributed by atoms with E-state index in [1.165, 1.54) is 20.8 Å². The molecule has 0 heterocycles. The highest BCUT2D eigenvalue weighted by atomic mass is 16.3. The smallest absolute Gasteiger partial charge is 0.191 e. The average Bonchev–Trinajstić information content (AvgIpc) is 1.62. The zero-order chi connectivity index (χ0) is 7.65. The van der Waals surface area contributed by atoms with Gasteiger partial charge in [0.1, 0.15) is 11.7 Å². The van der Waals surface area contributed by atoms with Crippen LogP contribution in [0.4, 0.5) is 0 Å². The van der Waals surface area contributed by atoms with E-state index < -0.39 is 17.5 Å². The number of Topliss-reactive ketones (excluding diaryl/α,β-unsaturated/α-hetero) is 1. The fourth-order valence-electron chi connectivity index (χ4n) is 0.511. The van der Waals surface area contributed by atoms with Gasteiger partial charge in [-0.05, 0) is 20.8 Å². The molecule has 3 heteroatoms. The van der Waals surface area contributed by atoms with Gasteiger partial charge < -0.3 is 10.2 Å². The van der Waals surface area contributed by atoms with Crippen molar-refractivity contribution in [3.63, 3.8) is 0 Å². The zero-order valence-corrected chi connectivity index (χ0v) is 5.88. The van der Waals surface area contributed by atoms with Crippen LogP contribution in [0.25, 0.3) is 0 Å².